The molecule has 1 atom stereocenters. The van der Waals surface area contributed by atoms with Crippen molar-refractivity contribution in [2.45, 2.75) is 6.04 Å². The molecule has 0 aliphatic carbocycles. The number of likely N-dealkylation sites (N-methyl/N-ethyl adjacent to an activating group) is 1. The van der Waals surface area contributed by atoms with E-state index in [1.165, 1.54) is 0 Å². The molecule has 0 fully saturated rings. The Labute approximate surface area is 84.3 Å². The van der Waals surface area contributed by atoms with Crippen LogP contribution in [0.4, 0.5) is 0 Å². The molecule has 0 heterocycles. The average molecular weight is 199 g/mol. The van der Waals surface area contributed by atoms with Crippen LogP contribution in [0.5, 0.6) is 0 Å². The fraction of sp³-hybridized carbons (Fsp3) is 0.400. The van der Waals surface area contributed by atoms with Gasteiger partial charge in [0.15, 0.2) is 0 Å². The van der Waals surface area contributed by atoms with E-state index in [-0.39, 0.29) is 6.04 Å². The monoisotopic (exact) mass is 198 g/mol. The molecule has 0 spiro atoms. The minimum absolute atomic E-state index is 0.0623. The standard InChI is InChI=1S/C10H15ClN2/c1-13(2)7-10(12)8-3-5-9(11)6-4-8/h3-6,10H,7,12H2,1-2H3. The molecule has 0 amide bonds. The van der Waals surface area contributed by atoms with E-state index in [2.05, 4.69) is 4.90 Å². The number of nitrogens with zero attached hydrogens (tertiary/aromatic N) is 1. The molecule has 1 aromatic rings. The number of benzene rings is 1. The molecule has 1 unspecified atom stereocenters. The van der Waals surface area contributed by atoms with Crippen molar-refractivity contribution < 1.29 is 0 Å². The van der Waals surface area contributed by atoms with Crippen LogP contribution in [0, 0.1) is 0 Å². The molecule has 2 N–H and O–H groups in total. The van der Waals surface area contributed by atoms with Gasteiger partial charge in [0.25, 0.3) is 0 Å². The lowest BCUT2D eigenvalue weighted by molar-refractivity contribution is 0.376. The second-order valence-corrected chi connectivity index (χ2v) is 3.86. The smallest absolute Gasteiger partial charge is 0.0424 e. The van der Waals surface area contributed by atoms with Crippen LogP contribution in [0.3, 0.4) is 0 Å². The van der Waals surface area contributed by atoms with Crippen LogP contribution in [-0.2, 0) is 0 Å². The van der Waals surface area contributed by atoms with Crippen molar-refractivity contribution in [3.63, 3.8) is 0 Å². The van der Waals surface area contributed by atoms with Gasteiger partial charge in [0, 0.05) is 17.6 Å². The van der Waals surface area contributed by atoms with Crippen molar-refractivity contribution in [2.24, 2.45) is 5.73 Å². The van der Waals surface area contributed by atoms with Gasteiger partial charge in [-0.1, -0.05) is 23.7 Å². The van der Waals surface area contributed by atoms with Crippen molar-refractivity contribution in [2.75, 3.05) is 20.6 Å². The number of hydrogen-bond donors (Lipinski definition) is 1. The van der Waals surface area contributed by atoms with Crippen LogP contribution in [0.2, 0.25) is 5.02 Å². The molecule has 0 radical (unpaired) electrons. The molecule has 72 valence electrons. The summed E-state index contributed by atoms with van der Waals surface area (Å²) in [5.74, 6) is 0. The Balaban J connectivity index is 2.66. The third-order valence-corrected chi connectivity index (χ3v) is 2.11. The first-order valence-electron chi connectivity index (χ1n) is 4.25. The van der Waals surface area contributed by atoms with Gasteiger partial charge in [0.2, 0.25) is 0 Å². The molecule has 2 nitrogen and oxygen atoms in total. The van der Waals surface area contributed by atoms with Crippen molar-refractivity contribution in [1.82, 2.24) is 4.90 Å². The predicted octanol–water partition coefficient (Wildman–Crippen LogP) is 1.90. The highest BCUT2D eigenvalue weighted by Gasteiger charge is 2.05. The van der Waals surface area contributed by atoms with Gasteiger partial charge in [-0.2, -0.15) is 0 Å². The van der Waals surface area contributed by atoms with E-state index in [4.69, 9.17) is 17.3 Å². The summed E-state index contributed by atoms with van der Waals surface area (Å²) in [7, 11) is 4.02. The van der Waals surface area contributed by atoms with Crippen LogP contribution in [0.25, 0.3) is 0 Å². The van der Waals surface area contributed by atoms with Crippen LogP contribution in [0.15, 0.2) is 24.3 Å². The molecule has 13 heavy (non-hydrogen) atoms. The Kier molecular flexibility index (Phi) is 3.72. The van der Waals surface area contributed by atoms with Gasteiger partial charge in [-0.25, -0.2) is 0 Å². The summed E-state index contributed by atoms with van der Waals surface area (Å²) < 4.78 is 0. The van der Waals surface area contributed by atoms with Crippen molar-refractivity contribution in [3.8, 4) is 0 Å². The number of hydrogen-bond acceptors (Lipinski definition) is 2. The lowest BCUT2D eigenvalue weighted by atomic mass is 10.1. The minimum atomic E-state index is 0.0623. The lowest BCUT2D eigenvalue weighted by Gasteiger charge is -2.16. The topological polar surface area (TPSA) is 29.3 Å². The van der Waals surface area contributed by atoms with E-state index in [1.54, 1.807) is 0 Å². The molecule has 3 heteroatoms. The summed E-state index contributed by atoms with van der Waals surface area (Å²) >= 11 is 5.77. The summed E-state index contributed by atoms with van der Waals surface area (Å²) in [5, 5.41) is 0.751. The number of nitrogens with two attached hydrogens (primary N) is 1. The van der Waals surface area contributed by atoms with Gasteiger partial charge in [-0.3, -0.25) is 0 Å². The lowest BCUT2D eigenvalue weighted by Crippen LogP contribution is -2.25. The van der Waals surface area contributed by atoms with E-state index in [0.29, 0.717) is 0 Å². The maximum atomic E-state index is 5.96. The van der Waals surface area contributed by atoms with E-state index in [1.807, 2.05) is 38.4 Å². The first kappa shape index (κ1) is 10.5. The van der Waals surface area contributed by atoms with Gasteiger partial charge < -0.3 is 10.6 Å². The van der Waals surface area contributed by atoms with Crippen molar-refractivity contribution in [1.29, 1.82) is 0 Å². The van der Waals surface area contributed by atoms with E-state index < -0.39 is 0 Å². The molecular formula is C10H15ClN2. The highest BCUT2D eigenvalue weighted by atomic mass is 35.5. The maximum absolute atomic E-state index is 5.96. The van der Waals surface area contributed by atoms with Gasteiger partial charge in [-0.05, 0) is 31.8 Å². The van der Waals surface area contributed by atoms with Crippen molar-refractivity contribution in [3.05, 3.63) is 34.9 Å². The zero-order valence-electron chi connectivity index (χ0n) is 8.00. The predicted molar refractivity (Wildman–Crippen MR) is 56.9 cm³/mol. The van der Waals surface area contributed by atoms with Gasteiger partial charge >= 0.3 is 0 Å². The maximum Gasteiger partial charge on any atom is 0.0424 e. The summed E-state index contributed by atoms with van der Waals surface area (Å²) in [4.78, 5) is 2.07. The van der Waals surface area contributed by atoms with E-state index in [9.17, 15) is 0 Å². The number of rotatable bonds is 3. The molecule has 1 rings (SSSR count). The first-order chi connectivity index (χ1) is 6.09. The molecule has 0 saturated carbocycles. The Morgan fingerprint density at radius 2 is 1.85 bits per heavy atom. The zero-order chi connectivity index (χ0) is 9.84. The van der Waals surface area contributed by atoms with Gasteiger partial charge in [0.1, 0.15) is 0 Å². The third-order valence-electron chi connectivity index (χ3n) is 1.86. The van der Waals surface area contributed by atoms with Gasteiger partial charge in [0.05, 0.1) is 0 Å². The van der Waals surface area contributed by atoms with Crippen LogP contribution < -0.4 is 5.73 Å². The summed E-state index contributed by atoms with van der Waals surface area (Å²) in [6.07, 6.45) is 0. The largest absolute Gasteiger partial charge is 0.323 e. The second kappa shape index (κ2) is 4.61. The molecule has 0 aliphatic rings. The summed E-state index contributed by atoms with van der Waals surface area (Å²) in [5.41, 5.74) is 7.08. The second-order valence-electron chi connectivity index (χ2n) is 3.42. The van der Waals surface area contributed by atoms with Crippen LogP contribution >= 0.6 is 11.6 Å². The molecule has 0 aromatic heterocycles. The number of halogens is 1. The molecule has 1 aromatic carbocycles. The average Bonchev–Trinajstić information content (AvgIpc) is 2.04. The minimum Gasteiger partial charge on any atom is -0.323 e. The highest BCUT2D eigenvalue weighted by Crippen LogP contribution is 2.14. The Hall–Kier alpha value is -0.570. The third kappa shape index (κ3) is 3.35. The SMILES string of the molecule is CN(C)CC(N)c1ccc(Cl)cc1. The van der Waals surface area contributed by atoms with Gasteiger partial charge in [-0.15, -0.1) is 0 Å². The Morgan fingerprint density at radius 1 is 1.31 bits per heavy atom. The fourth-order valence-corrected chi connectivity index (χ4v) is 1.33. The summed E-state index contributed by atoms with van der Waals surface area (Å²) in [6.45, 7) is 0.849. The first-order valence-corrected chi connectivity index (χ1v) is 4.63. The fourth-order valence-electron chi connectivity index (χ4n) is 1.21. The molecule has 0 aliphatic heterocycles. The quantitative estimate of drug-likeness (QED) is 0.804. The van der Waals surface area contributed by atoms with Crippen LogP contribution in [-0.4, -0.2) is 25.5 Å². The van der Waals surface area contributed by atoms with Crippen molar-refractivity contribution >= 4 is 11.6 Å². The summed E-state index contributed by atoms with van der Waals surface area (Å²) in [6, 6.07) is 7.73. The van der Waals surface area contributed by atoms with Crippen LogP contribution in [0.1, 0.15) is 11.6 Å². The zero-order valence-corrected chi connectivity index (χ0v) is 8.75. The van der Waals surface area contributed by atoms with E-state index >= 15 is 0 Å². The molecule has 0 saturated heterocycles. The molecule has 0 bridgehead atoms. The van der Waals surface area contributed by atoms with E-state index in [0.717, 1.165) is 17.1 Å². The molecular weight excluding hydrogens is 184 g/mol. The Bertz CT molecular complexity index is 256. The highest BCUT2D eigenvalue weighted by molar-refractivity contribution is 6.30. The normalized spacial score (nSPS) is 13.3. The Morgan fingerprint density at radius 3 is 2.31 bits per heavy atom.